The smallest absolute Gasteiger partial charge is 0.148 e. The standard InChI is InChI=1S/C18H21N5O/c1-13-9-14(2)23(21-13)12-15-11-22(7-8-24-15)18-10-19-16-5-3-4-6-17(16)20-18/h3-6,9-10,15H,7-8,11-12H2,1-2H3/t15-/m1/s1. The SMILES string of the molecule is Cc1cc(C)n(C[C@H]2CN(c3cnc4ccccc4n3)CCO2)n1. The lowest BCUT2D eigenvalue weighted by Crippen LogP contribution is -2.45. The third-order valence-electron chi connectivity index (χ3n) is 4.38. The molecule has 0 bridgehead atoms. The molecule has 0 amide bonds. The second-order valence-corrected chi connectivity index (χ2v) is 6.26. The zero-order valence-electron chi connectivity index (χ0n) is 14.0. The summed E-state index contributed by atoms with van der Waals surface area (Å²) in [7, 11) is 0. The molecule has 6 nitrogen and oxygen atoms in total. The van der Waals surface area contributed by atoms with E-state index >= 15 is 0 Å². The molecule has 0 N–H and O–H groups in total. The van der Waals surface area contributed by atoms with Gasteiger partial charge in [0.2, 0.25) is 0 Å². The van der Waals surface area contributed by atoms with Gasteiger partial charge in [0, 0.05) is 18.8 Å². The van der Waals surface area contributed by atoms with Crippen molar-refractivity contribution in [2.75, 3.05) is 24.6 Å². The Hall–Kier alpha value is -2.47. The van der Waals surface area contributed by atoms with E-state index in [1.54, 1.807) is 0 Å². The molecular weight excluding hydrogens is 302 g/mol. The molecule has 2 aromatic heterocycles. The lowest BCUT2D eigenvalue weighted by atomic mass is 10.2. The number of hydrogen-bond donors (Lipinski definition) is 0. The molecule has 0 saturated carbocycles. The first-order chi connectivity index (χ1) is 11.7. The first kappa shape index (κ1) is 15.1. The van der Waals surface area contributed by atoms with Gasteiger partial charge in [0.05, 0.1) is 42.2 Å². The molecule has 4 rings (SSSR count). The van der Waals surface area contributed by atoms with Gasteiger partial charge in [-0.05, 0) is 32.0 Å². The second kappa shape index (κ2) is 6.20. The van der Waals surface area contributed by atoms with E-state index in [2.05, 4.69) is 28.0 Å². The Kier molecular flexibility index (Phi) is 3.90. The van der Waals surface area contributed by atoms with Gasteiger partial charge < -0.3 is 9.64 Å². The van der Waals surface area contributed by atoms with Crippen molar-refractivity contribution < 1.29 is 4.74 Å². The van der Waals surface area contributed by atoms with Crippen LogP contribution < -0.4 is 4.90 Å². The van der Waals surface area contributed by atoms with E-state index in [9.17, 15) is 0 Å². The van der Waals surface area contributed by atoms with Gasteiger partial charge in [-0.1, -0.05) is 12.1 Å². The predicted molar refractivity (Wildman–Crippen MR) is 93.2 cm³/mol. The monoisotopic (exact) mass is 323 g/mol. The van der Waals surface area contributed by atoms with Crippen molar-refractivity contribution in [1.82, 2.24) is 19.7 Å². The summed E-state index contributed by atoms with van der Waals surface area (Å²) in [6.07, 6.45) is 1.96. The van der Waals surface area contributed by atoms with E-state index in [0.29, 0.717) is 6.61 Å². The van der Waals surface area contributed by atoms with Crippen LogP contribution in [-0.2, 0) is 11.3 Å². The summed E-state index contributed by atoms with van der Waals surface area (Å²) in [5, 5.41) is 4.53. The highest BCUT2D eigenvalue weighted by Crippen LogP contribution is 2.19. The maximum Gasteiger partial charge on any atom is 0.148 e. The molecule has 124 valence electrons. The van der Waals surface area contributed by atoms with E-state index < -0.39 is 0 Å². The highest BCUT2D eigenvalue weighted by atomic mass is 16.5. The number of ether oxygens (including phenoxy) is 1. The molecule has 1 atom stereocenters. The Bertz CT molecular complexity index is 859. The van der Waals surface area contributed by atoms with Crippen LogP contribution in [0.1, 0.15) is 11.4 Å². The minimum absolute atomic E-state index is 0.102. The zero-order chi connectivity index (χ0) is 16.5. The molecule has 24 heavy (non-hydrogen) atoms. The summed E-state index contributed by atoms with van der Waals surface area (Å²) in [5.74, 6) is 0.912. The third kappa shape index (κ3) is 2.97. The molecule has 1 saturated heterocycles. The minimum Gasteiger partial charge on any atom is -0.373 e. The Morgan fingerprint density at radius 2 is 2.04 bits per heavy atom. The molecule has 0 unspecified atom stereocenters. The first-order valence-corrected chi connectivity index (χ1v) is 8.28. The summed E-state index contributed by atoms with van der Waals surface area (Å²) in [6.45, 7) is 7.18. The quantitative estimate of drug-likeness (QED) is 0.740. The van der Waals surface area contributed by atoms with Gasteiger partial charge in [-0.25, -0.2) is 4.98 Å². The number of fused-ring (bicyclic) bond motifs is 1. The number of anilines is 1. The molecule has 0 radical (unpaired) electrons. The van der Waals surface area contributed by atoms with Crippen molar-refractivity contribution in [2.45, 2.75) is 26.5 Å². The maximum atomic E-state index is 5.93. The van der Waals surface area contributed by atoms with Crippen LogP contribution in [0.5, 0.6) is 0 Å². The van der Waals surface area contributed by atoms with E-state index in [4.69, 9.17) is 9.72 Å². The van der Waals surface area contributed by atoms with E-state index in [0.717, 1.165) is 42.2 Å². The van der Waals surface area contributed by atoms with E-state index in [-0.39, 0.29) is 6.10 Å². The number of hydrogen-bond acceptors (Lipinski definition) is 5. The number of aryl methyl sites for hydroxylation is 2. The average molecular weight is 323 g/mol. The number of morpholine rings is 1. The molecule has 6 heteroatoms. The highest BCUT2D eigenvalue weighted by molar-refractivity contribution is 5.75. The van der Waals surface area contributed by atoms with Crippen molar-refractivity contribution in [2.24, 2.45) is 0 Å². The van der Waals surface area contributed by atoms with Crippen LogP contribution in [0.4, 0.5) is 5.82 Å². The van der Waals surface area contributed by atoms with Crippen LogP contribution in [0.2, 0.25) is 0 Å². The minimum atomic E-state index is 0.102. The zero-order valence-corrected chi connectivity index (χ0v) is 14.0. The van der Waals surface area contributed by atoms with E-state index in [1.807, 2.05) is 42.1 Å². The van der Waals surface area contributed by atoms with Crippen molar-refractivity contribution in [3.8, 4) is 0 Å². The number of aromatic nitrogens is 4. The molecule has 1 aromatic carbocycles. The fourth-order valence-corrected chi connectivity index (χ4v) is 3.19. The van der Waals surface area contributed by atoms with Crippen molar-refractivity contribution in [1.29, 1.82) is 0 Å². The van der Waals surface area contributed by atoms with Gasteiger partial charge in [0.1, 0.15) is 5.82 Å². The fraction of sp³-hybridized carbons (Fsp3) is 0.389. The molecule has 1 aliphatic rings. The van der Waals surface area contributed by atoms with Gasteiger partial charge >= 0.3 is 0 Å². The summed E-state index contributed by atoms with van der Waals surface area (Å²) >= 11 is 0. The van der Waals surface area contributed by atoms with Gasteiger partial charge in [0.25, 0.3) is 0 Å². The van der Waals surface area contributed by atoms with Gasteiger partial charge in [0.15, 0.2) is 0 Å². The summed E-state index contributed by atoms with van der Waals surface area (Å²) < 4.78 is 7.96. The Balaban J connectivity index is 1.52. The summed E-state index contributed by atoms with van der Waals surface area (Å²) in [5.41, 5.74) is 4.06. The molecule has 3 aromatic rings. The lowest BCUT2D eigenvalue weighted by molar-refractivity contribution is 0.0267. The Labute approximate surface area is 141 Å². The van der Waals surface area contributed by atoms with Crippen LogP contribution >= 0.6 is 0 Å². The predicted octanol–water partition coefficient (Wildman–Crippen LogP) is 2.35. The molecule has 1 aliphatic heterocycles. The fourth-order valence-electron chi connectivity index (χ4n) is 3.19. The molecule has 0 spiro atoms. The maximum absolute atomic E-state index is 5.93. The van der Waals surface area contributed by atoms with Crippen LogP contribution in [0.15, 0.2) is 36.5 Å². The summed E-state index contributed by atoms with van der Waals surface area (Å²) in [4.78, 5) is 11.5. The summed E-state index contributed by atoms with van der Waals surface area (Å²) in [6, 6.07) is 10.0. The van der Waals surface area contributed by atoms with Gasteiger partial charge in [-0.15, -0.1) is 0 Å². The first-order valence-electron chi connectivity index (χ1n) is 8.28. The van der Waals surface area contributed by atoms with Gasteiger partial charge in [-0.2, -0.15) is 5.10 Å². The normalized spacial score (nSPS) is 18.2. The van der Waals surface area contributed by atoms with E-state index in [1.165, 1.54) is 5.69 Å². The topological polar surface area (TPSA) is 56.1 Å². The average Bonchev–Trinajstić information content (AvgIpc) is 2.92. The lowest BCUT2D eigenvalue weighted by Gasteiger charge is -2.33. The number of nitrogens with zero attached hydrogens (tertiary/aromatic N) is 5. The Morgan fingerprint density at radius 1 is 1.21 bits per heavy atom. The number of rotatable bonds is 3. The van der Waals surface area contributed by atoms with Crippen molar-refractivity contribution in [3.05, 3.63) is 47.9 Å². The molecule has 3 heterocycles. The molecule has 1 fully saturated rings. The van der Waals surface area contributed by atoms with Crippen LogP contribution in [0.3, 0.4) is 0 Å². The van der Waals surface area contributed by atoms with Crippen molar-refractivity contribution in [3.63, 3.8) is 0 Å². The van der Waals surface area contributed by atoms with Crippen LogP contribution in [0, 0.1) is 13.8 Å². The molecular formula is C18H21N5O. The van der Waals surface area contributed by atoms with Crippen LogP contribution in [0.25, 0.3) is 11.0 Å². The van der Waals surface area contributed by atoms with Crippen LogP contribution in [-0.4, -0.2) is 45.5 Å². The molecule has 0 aliphatic carbocycles. The largest absolute Gasteiger partial charge is 0.373 e. The third-order valence-corrected chi connectivity index (χ3v) is 4.38. The second-order valence-electron chi connectivity index (χ2n) is 6.26. The number of para-hydroxylation sites is 2. The Morgan fingerprint density at radius 3 is 2.83 bits per heavy atom. The van der Waals surface area contributed by atoms with Gasteiger partial charge in [-0.3, -0.25) is 9.67 Å². The highest BCUT2D eigenvalue weighted by Gasteiger charge is 2.23. The number of benzene rings is 1. The van der Waals surface area contributed by atoms with Crippen molar-refractivity contribution >= 4 is 16.9 Å².